The van der Waals surface area contributed by atoms with Crippen LogP contribution in [-0.4, -0.2) is 47.2 Å². The van der Waals surface area contributed by atoms with Crippen molar-refractivity contribution in [3.8, 4) is 11.5 Å². The zero-order chi connectivity index (χ0) is 21.6. The number of ether oxygens (including phenoxy) is 1. The highest BCUT2D eigenvalue weighted by Crippen LogP contribution is 2.28. The number of hydrogen-bond donors (Lipinski definition) is 2. The van der Waals surface area contributed by atoms with Gasteiger partial charge in [0.25, 0.3) is 5.91 Å². The molecule has 29 heavy (non-hydrogen) atoms. The third kappa shape index (κ3) is 5.45. The lowest BCUT2D eigenvalue weighted by Gasteiger charge is -2.30. The number of pyridine rings is 1. The van der Waals surface area contributed by atoms with E-state index in [-0.39, 0.29) is 23.4 Å². The molecule has 1 aromatic carbocycles. The Balaban J connectivity index is 2.05. The van der Waals surface area contributed by atoms with Crippen molar-refractivity contribution in [2.45, 2.75) is 32.9 Å². The van der Waals surface area contributed by atoms with E-state index in [0.29, 0.717) is 0 Å². The zero-order valence-electron chi connectivity index (χ0n) is 17.2. The Morgan fingerprint density at radius 3 is 2.38 bits per heavy atom. The van der Waals surface area contributed by atoms with Gasteiger partial charge in [-0.2, -0.15) is 0 Å². The van der Waals surface area contributed by atoms with Crippen LogP contribution in [0.1, 0.15) is 42.9 Å². The van der Waals surface area contributed by atoms with Crippen LogP contribution in [0.5, 0.6) is 11.5 Å². The Morgan fingerprint density at radius 2 is 1.79 bits per heavy atom. The minimum Gasteiger partial charge on any atom is -0.503 e. The lowest BCUT2D eigenvalue weighted by atomic mass is 9.96. The van der Waals surface area contributed by atoms with Gasteiger partial charge in [0.2, 0.25) is 0 Å². The number of aromatic hydroxyl groups is 1. The fraction of sp³-hybridized carbons (Fsp3) is 0.381. The highest BCUT2D eigenvalue weighted by molar-refractivity contribution is 5.97. The summed E-state index contributed by atoms with van der Waals surface area (Å²) in [5.74, 6) is -1.45. The fourth-order valence-corrected chi connectivity index (χ4v) is 3.03. The minimum absolute atomic E-state index is 0.114. The van der Waals surface area contributed by atoms with Gasteiger partial charge in [0.15, 0.2) is 17.2 Å². The maximum atomic E-state index is 12.5. The second-order valence-electron chi connectivity index (χ2n) is 6.96. The number of rotatable bonds is 8. The maximum Gasteiger partial charge on any atom is 0.347 e. The molecule has 1 aromatic heterocycles. The van der Waals surface area contributed by atoms with Gasteiger partial charge in [0.05, 0.1) is 13.2 Å². The van der Waals surface area contributed by atoms with Crippen molar-refractivity contribution in [1.29, 1.82) is 0 Å². The van der Waals surface area contributed by atoms with Crippen LogP contribution in [0.25, 0.3) is 0 Å². The van der Waals surface area contributed by atoms with Crippen molar-refractivity contribution < 1.29 is 24.3 Å². The molecular weight excluding hydrogens is 374 g/mol. The lowest BCUT2D eigenvalue weighted by molar-refractivity contribution is -0.200. The molecule has 0 saturated heterocycles. The first kappa shape index (κ1) is 22.2. The average molecular weight is 401 g/mol. The van der Waals surface area contributed by atoms with Crippen molar-refractivity contribution >= 4 is 11.9 Å². The van der Waals surface area contributed by atoms with Crippen molar-refractivity contribution in [2.75, 3.05) is 14.2 Å². The molecule has 156 valence electrons. The summed E-state index contributed by atoms with van der Waals surface area (Å²) < 4.78 is 4.96. The van der Waals surface area contributed by atoms with E-state index < -0.39 is 23.7 Å². The van der Waals surface area contributed by atoms with Crippen LogP contribution in [0.3, 0.4) is 0 Å². The number of hydroxylamine groups is 2. The fourth-order valence-electron chi connectivity index (χ4n) is 3.03. The molecule has 0 radical (unpaired) electrons. The first-order valence-electron chi connectivity index (χ1n) is 9.28. The first-order valence-corrected chi connectivity index (χ1v) is 9.28. The number of nitrogens with zero attached hydrogens (tertiary/aromatic N) is 2. The van der Waals surface area contributed by atoms with E-state index in [1.165, 1.54) is 31.4 Å². The van der Waals surface area contributed by atoms with E-state index in [9.17, 15) is 14.7 Å². The Hall–Kier alpha value is -3.13. The monoisotopic (exact) mass is 401 g/mol. The Morgan fingerprint density at radius 1 is 1.14 bits per heavy atom. The first-order chi connectivity index (χ1) is 13.8. The summed E-state index contributed by atoms with van der Waals surface area (Å²) in [7, 11) is 3.05. The second-order valence-corrected chi connectivity index (χ2v) is 6.96. The van der Waals surface area contributed by atoms with Crippen LogP contribution in [0.15, 0.2) is 42.6 Å². The highest BCUT2D eigenvalue weighted by atomic mass is 16.7. The number of aromatic nitrogens is 1. The number of carbonyl (C=O) groups is 2. The zero-order valence-corrected chi connectivity index (χ0v) is 17.2. The molecule has 0 saturated carbocycles. The second kappa shape index (κ2) is 9.88. The quantitative estimate of drug-likeness (QED) is 0.656. The maximum absolute atomic E-state index is 12.5. The van der Waals surface area contributed by atoms with Gasteiger partial charge in [0.1, 0.15) is 6.04 Å². The lowest BCUT2D eigenvalue weighted by Crippen LogP contribution is -2.43. The third-order valence-electron chi connectivity index (χ3n) is 4.42. The molecule has 2 aromatic rings. The van der Waals surface area contributed by atoms with Crippen LogP contribution in [0.2, 0.25) is 0 Å². The molecule has 0 spiro atoms. The predicted octanol–water partition coefficient (Wildman–Crippen LogP) is 2.70. The number of amides is 1. The van der Waals surface area contributed by atoms with Crippen LogP contribution in [-0.2, 0) is 9.63 Å². The molecule has 2 N–H and O–H groups in total. The van der Waals surface area contributed by atoms with Gasteiger partial charge in [-0.25, -0.2) is 9.78 Å². The van der Waals surface area contributed by atoms with Gasteiger partial charge >= 0.3 is 5.97 Å². The van der Waals surface area contributed by atoms with E-state index in [4.69, 9.17) is 9.57 Å². The molecule has 0 aliphatic rings. The SMILES string of the molecule is COc1ccnc(C(=O)N[C@@H](C)C(=O)ON(C)C(c2ccccc2)C(C)C)c1O. The molecule has 1 unspecified atom stereocenters. The van der Waals surface area contributed by atoms with E-state index in [0.717, 1.165) is 5.56 Å². The largest absolute Gasteiger partial charge is 0.503 e. The Labute approximate surface area is 170 Å². The summed E-state index contributed by atoms with van der Waals surface area (Å²) in [5.41, 5.74) is 0.779. The van der Waals surface area contributed by atoms with E-state index >= 15 is 0 Å². The van der Waals surface area contributed by atoms with Crippen molar-refractivity contribution in [2.24, 2.45) is 5.92 Å². The van der Waals surface area contributed by atoms with Crippen molar-refractivity contribution in [3.05, 3.63) is 53.9 Å². The van der Waals surface area contributed by atoms with Gasteiger partial charge in [0, 0.05) is 19.3 Å². The van der Waals surface area contributed by atoms with Gasteiger partial charge < -0.3 is 20.0 Å². The minimum atomic E-state index is -0.957. The number of carbonyl (C=O) groups excluding carboxylic acids is 2. The summed E-state index contributed by atoms with van der Waals surface area (Å²) in [6.45, 7) is 5.56. The molecule has 1 amide bonds. The average Bonchev–Trinajstić information content (AvgIpc) is 2.68. The summed E-state index contributed by atoms with van der Waals surface area (Å²) >= 11 is 0. The van der Waals surface area contributed by atoms with E-state index in [2.05, 4.69) is 10.3 Å². The van der Waals surface area contributed by atoms with Gasteiger partial charge in [-0.1, -0.05) is 44.2 Å². The summed E-state index contributed by atoms with van der Waals surface area (Å²) in [5, 5.41) is 14.0. The Bertz CT molecular complexity index is 841. The van der Waals surface area contributed by atoms with Gasteiger partial charge in [-0.05, 0) is 18.4 Å². The van der Waals surface area contributed by atoms with Crippen molar-refractivity contribution in [3.63, 3.8) is 0 Å². The molecule has 2 rings (SSSR count). The number of hydrogen-bond acceptors (Lipinski definition) is 7. The molecule has 0 fully saturated rings. The Kier molecular flexibility index (Phi) is 7.55. The summed E-state index contributed by atoms with van der Waals surface area (Å²) in [6.07, 6.45) is 1.33. The van der Waals surface area contributed by atoms with E-state index in [1.807, 2.05) is 44.2 Å². The number of methoxy groups -OCH3 is 1. The molecule has 2 atom stereocenters. The predicted molar refractivity (Wildman–Crippen MR) is 107 cm³/mol. The van der Waals surface area contributed by atoms with Crippen molar-refractivity contribution in [1.82, 2.24) is 15.4 Å². The standard InChI is InChI=1S/C21H27N3O5/c1-13(2)18(15-9-7-6-8-10-15)24(4)29-21(27)14(3)23-20(26)17-19(25)16(28-5)11-12-22-17/h6-14,18,25H,1-5H3,(H,23,26)/t14-,18?/m0/s1. The van der Waals surface area contributed by atoms with Gasteiger partial charge in [-0.15, -0.1) is 5.06 Å². The topological polar surface area (TPSA) is 101 Å². The smallest absolute Gasteiger partial charge is 0.347 e. The van der Waals surface area contributed by atoms with Gasteiger partial charge in [-0.3, -0.25) is 4.79 Å². The molecule has 0 aliphatic carbocycles. The summed E-state index contributed by atoms with van der Waals surface area (Å²) in [6, 6.07) is 10.0. The van der Waals surface area contributed by atoms with Crippen LogP contribution < -0.4 is 10.1 Å². The molecule has 8 nitrogen and oxygen atoms in total. The highest BCUT2D eigenvalue weighted by Gasteiger charge is 2.27. The number of benzene rings is 1. The van der Waals surface area contributed by atoms with Crippen LogP contribution in [0, 0.1) is 5.92 Å². The molecule has 0 bridgehead atoms. The summed E-state index contributed by atoms with van der Waals surface area (Å²) in [4.78, 5) is 34.2. The molecule has 8 heteroatoms. The molecule has 1 heterocycles. The van der Waals surface area contributed by atoms with Crippen LogP contribution >= 0.6 is 0 Å². The van der Waals surface area contributed by atoms with E-state index in [1.54, 1.807) is 7.05 Å². The molecule has 0 aliphatic heterocycles. The van der Waals surface area contributed by atoms with Crippen LogP contribution in [0.4, 0.5) is 0 Å². The molecular formula is C21H27N3O5. The third-order valence-corrected chi connectivity index (χ3v) is 4.42. The number of nitrogens with one attached hydrogen (secondary N) is 1. The normalized spacial score (nSPS) is 13.1.